The second-order valence-electron chi connectivity index (χ2n) is 6.15. The van der Waals surface area contributed by atoms with Crippen LogP contribution in [0.25, 0.3) is 0 Å². The normalized spacial score (nSPS) is 25.5. The lowest BCUT2D eigenvalue weighted by molar-refractivity contribution is -0.198. The molecule has 22 heavy (non-hydrogen) atoms. The van der Waals surface area contributed by atoms with E-state index in [1.807, 2.05) is 13.8 Å². The Bertz CT molecular complexity index is 468. The number of carbonyl (C=O) groups excluding carboxylic acids is 3. The number of amides is 1. The fourth-order valence-corrected chi connectivity index (χ4v) is 3.13. The van der Waals surface area contributed by atoms with Gasteiger partial charge in [-0.3, -0.25) is 14.4 Å². The molecule has 2 heterocycles. The highest BCUT2D eigenvalue weighted by atomic mass is 16.6. The largest absolute Gasteiger partial charge is 0.465 e. The summed E-state index contributed by atoms with van der Waals surface area (Å²) in [4.78, 5) is 38.9. The summed E-state index contributed by atoms with van der Waals surface area (Å²) in [6.07, 6.45) is -0.844. The summed E-state index contributed by atoms with van der Waals surface area (Å²) in [5.74, 6) is -1.50. The number of nitrogens with zero attached hydrogens (tertiary/aromatic N) is 1. The summed E-state index contributed by atoms with van der Waals surface area (Å²) in [6.45, 7) is 7.57. The van der Waals surface area contributed by atoms with E-state index < -0.39 is 29.1 Å². The van der Waals surface area contributed by atoms with E-state index in [9.17, 15) is 14.4 Å². The van der Waals surface area contributed by atoms with Gasteiger partial charge in [-0.25, -0.2) is 0 Å². The highest BCUT2D eigenvalue weighted by Crippen LogP contribution is 2.46. The number of esters is 2. The van der Waals surface area contributed by atoms with E-state index in [-0.39, 0.29) is 38.6 Å². The molecule has 2 fully saturated rings. The van der Waals surface area contributed by atoms with Crippen LogP contribution in [0.5, 0.6) is 0 Å². The minimum atomic E-state index is -1.60. The standard InChI is InChI=1S/C15H23NO6/c1-5-20-12(18)15(13(19)21-6-2)8-7-10(17)16-11(15)22-9-14(16,3)4/h11H,5-9H2,1-4H3. The molecule has 0 bridgehead atoms. The Labute approximate surface area is 129 Å². The van der Waals surface area contributed by atoms with E-state index in [1.165, 1.54) is 4.90 Å². The molecule has 0 aromatic rings. The maximum atomic E-state index is 12.6. The molecule has 0 aliphatic carbocycles. The van der Waals surface area contributed by atoms with Gasteiger partial charge in [0.05, 0.1) is 25.4 Å². The van der Waals surface area contributed by atoms with Crippen molar-refractivity contribution in [3.05, 3.63) is 0 Å². The maximum Gasteiger partial charge on any atom is 0.328 e. The Morgan fingerprint density at radius 3 is 2.27 bits per heavy atom. The number of ether oxygens (including phenoxy) is 3. The zero-order valence-corrected chi connectivity index (χ0v) is 13.5. The van der Waals surface area contributed by atoms with Gasteiger partial charge in [-0.15, -0.1) is 0 Å². The monoisotopic (exact) mass is 313 g/mol. The molecule has 0 N–H and O–H groups in total. The molecule has 2 aliphatic rings. The zero-order valence-electron chi connectivity index (χ0n) is 13.5. The van der Waals surface area contributed by atoms with Gasteiger partial charge in [-0.2, -0.15) is 0 Å². The molecule has 0 saturated carbocycles. The lowest BCUT2D eigenvalue weighted by atomic mass is 9.76. The van der Waals surface area contributed by atoms with Gasteiger partial charge in [0.1, 0.15) is 0 Å². The number of hydrogen-bond acceptors (Lipinski definition) is 6. The van der Waals surface area contributed by atoms with Crippen LogP contribution in [0.2, 0.25) is 0 Å². The smallest absolute Gasteiger partial charge is 0.328 e. The summed E-state index contributed by atoms with van der Waals surface area (Å²) in [5.41, 5.74) is -2.18. The van der Waals surface area contributed by atoms with Crippen molar-refractivity contribution >= 4 is 17.8 Å². The van der Waals surface area contributed by atoms with Crippen LogP contribution in [0.3, 0.4) is 0 Å². The van der Waals surface area contributed by atoms with Gasteiger partial charge in [-0.1, -0.05) is 0 Å². The summed E-state index contributed by atoms with van der Waals surface area (Å²) in [5, 5.41) is 0. The first-order valence-electron chi connectivity index (χ1n) is 7.59. The van der Waals surface area contributed by atoms with Gasteiger partial charge in [0.2, 0.25) is 11.3 Å². The number of carbonyl (C=O) groups is 3. The Hall–Kier alpha value is -1.63. The molecule has 1 amide bonds. The van der Waals surface area contributed by atoms with Crippen LogP contribution in [0.15, 0.2) is 0 Å². The second kappa shape index (κ2) is 5.87. The first-order chi connectivity index (χ1) is 10.3. The first-order valence-corrected chi connectivity index (χ1v) is 7.59. The van der Waals surface area contributed by atoms with E-state index in [2.05, 4.69) is 0 Å². The molecule has 0 aromatic heterocycles. The van der Waals surface area contributed by atoms with Crippen LogP contribution in [0.1, 0.15) is 40.5 Å². The molecule has 7 heteroatoms. The average Bonchev–Trinajstić information content (AvgIpc) is 2.77. The molecular weight excluding hydrogens is 290 g/mol. The first kappa shape index (κ1) is 16.7. The Balaban J connectivity index is 2.47. The average molecular weight is 313 g/mol. The lowest BCUT2D eigenvalue weighted by Crippen LogP contribution is -2.63. The predicted octanol–water partition coefficient (Wildman–Crippen LogP) is 0.856. The fraction of sp³-hybridized carbons (Fsp3) is 0.800. The summed E-state index contributed by atoms with van der Waals surface area (Å²) < 4.78 is 15.9. The molecule has 2 saturated heterocycles. The molecule has 1 unspecified atom stereocenters. The SMILES string of the molecule is CCOC(=O)C1(C(=O)OCC)CCC(=O)N2C1OCC2(C)C. The minimum absolute atomic E-state index is 0.0424. The van der Waals surface area contributed by atoms with Gasteiger partial charge < -0.3 is 19.1 Å². The summed E-state index contributed by atoms with van der Waals surface area (Å²) in [7, 11) is 0. The van der Waals surface area contributed by atoms with E-state index in [1.54, 1.807) is 13.8 Å². The van der Waals surface area contributed by atoms with Gasteiger partial charge >= 0.3 is 11.9 Å². The highest BCUT2D eigenvalue weighted by molar-refractivity contribution is 6.02. The number of hydrogen-bond donors (Lipinski definition) is 0. The van der Waals surface area contributed by atoms with Gasteiger partial charge in [0.25, 0.3) is 0 Å². The Morgan fingerprint density at radius 2 is 1.77 bits per heavy atom. The van der Waals surface area contributed by atoms with Crippen molar-refractivity contribution in [2.45, 2.75) is 52.3 Å². The number of rotatable bonds is 4. The van der Waals surface area contributed by atoms with E-state index >= 15 is 0 Å². The quantitative estimate of drug-likeness (QED) is 0.565. The van der Waals surface area contributed by atoms with Crippen molar-refractivity contribution in [2.75, 3.05) is 19.8 Å². The van der Waals surface area contributed by atoms with Crippen molar-refractivity contribution in [3.8, 4) is 0 Å². The second-order valence-corrected chi connectivity index (χ2v) is 6.15. The summed E-state index contributed by atoms with van der Waals surface area (Å²) >= 11 is 0. The predicted molar refractivity (Wildman–Crippen MR) is 75.6 cm³/mol. The van der Waals surface area contributed by atoms with Crippen molar-refractivity contribution in [1.29, 1.82) is 0 Å². The maximum absolute atomic E-state index is 12.6. The Morgan fingerprint density at radius 1 is 1.23 bits per heavy atom. The van der Waals surface area contributed by atoms with Crippen LogP contribution < -0.4 is 0 Å². The molecule has 2 rings (SSSR count). The van der Waals surface area contributed by atoms with Crippen LogP contribution in [0, 0.1) is 5.41 Å². The Kier molecular flexibility index (Phi) is 4.47. The molecule has 0 spiro atoms. The van der Waals surface area contributed by atoms with Gasteiger partial charge in [0, 0.05) is 6.42 Å². The molecule has 0 aromatic carbocycles. The fourth-order valence-electron chi connectivity index (χ4n) is 3.13. The molecule has 1 atom stereocenters. The van der Waals surface area contributed by atoms with E-state index in [4.69, 9.17) is 14.2 Å². The molecule has 0 radical (unpaired) electrons. The van der Waals surface area contributed by atoms with Crippen molar-refractivity contribution in [1.82, 2.24) is 4.90 Å². The van der Waals surface area contributed by atoms with Gasteiger partial charge in [0.15, 0.2) is 6.23 Å². The third-order valence-corrected chi connectivity index (χ3v) is 4.18. The zero-order chi connectivity index (χ0) is 16.5. The van der Waals surface area contributed by atoms with Crippen LogP contribution in [0.4, 0.5) is 0 Å². The van der Waals surface area contributed by atoms with Gasteiger partial charge in [-0.05, 0) is 34.1 Å². The third kappa shape index (κ3) is 2.37. The van der Waals surface area contributed by atoms with Crippen molar-refractivity contribution in [2.24, 2.45) is 5.41 Å². The molecule has 7 nitrogen and oxygen atoms in total. The van der Waals surface area contributed by atoms with Crippen LogP contribution in [-0.4, -0.2) is 54.3 Å². The third-order valence-electron chi connectivity index (χ3n) is 4.18. The topological polar surface area (TPSA) is 82.1 Å². The molecule has 2 aliphatic heterocycles. The van der Waals surface area contributed by atoms with Crippen LogP contribution in [-0.2, 0) is 28.6 Å². The van der Waals surface area contributed by atoms with Crippen molar-refractivity contribution in [3.63, 3.8) is 0 Å². The van der Waals surface area contributed by atoms with Crippen molar-refractivity contribution < 1.29 is 28.6 Å². The van der Waals surface area contributed by atoms with E-state index in [0.717, 1.165) is 0 Å². The van der Waals surface area contributed by atoms with E-state index in [0.29, 0.717) is 0 Å². The van der Waals surface area contributed by atoms with Crippen LogP contribution >= 0.6 is 0 Å². The molecule has 124 valence electrons. The minimum Gasteiger partial charge on any atom is -0.465 e. The lowest BCUT2D eigenvalue weighted by Gasteiger charge is -2.44. The number of fused-ring (bicyclic) bond motifs is 1. The molecular formula is C15H23NO6. The summed E-state index contributed by atoms with van der Waals surface area (Å²) in [6, 6.07) is 0. The highest BCUT2D eigenvalue weighted by Gasteiger charge is 2.65. The number of piperidine rings is 1.